The van der Waals surface area contributed by atoms with Crippen LogP contribution in [0.15, 0.2) is 18.7 Å². The largest absolute Gasteiger partial charge is 0.459 e. The molecule has 2 rings (SSSR count). The number of aromatic nitrogens is 5. The summed E-state index contributed by atoms with van der Waals surface area (Å²) in [5, 5.41) is 0.0696. The first-order valence-corrected chi connectivity index (χ1v) is 14.2. The molecule has 0 saturated carbocycles. The van der Waals surface area contributed by atoms with E-state index in [4.69, 9.17) is 27.9 Å². The SMILES string of the molecule is CCCCCCCCCCCCCCCCCC[n+]1ccn(CCOc2nc(Cl)nc(Cl)n2)c1. The first-order valence-electron chi connectivity index (χ1n) is 13.4. The number of aryl methyl sites for hydroxylation is 1. The number of hydrogen-bond donors (Lipinski definition) is 0. The summed E-state index contributed by atoms with van der Waals surface area (Å²) in [6.07, 6.45) is 28.7. The molecule has 6 nitrogen and oxygen atoms in total. The number of nitrogens with zero attached hydrogens (tertiary/aromatic N) is 5. The van der Waals surface area contributed by atoms with Crippen molar-refractivity contribution in [3.8, 4) is 6.01 Å². The average molecular weight is 514 g/mol. The zero-order valence-electron chi connectivity index (χ0n) is 21.1. The van der Waals surface area contributed by atoms with Gasteiger partial charge in [0.15, 0.2) is 0 Å². The van der Waals surface area contributed by atoms with Crippen molar-refractivity contribution in [2.24, 2.45) is 0 Å². The van der Waals surface area contributed by atoms with E-state index in [0.29, 0.717) is 13.2 Å². The van der Waals surface area contributed by atoms with Crippen molar-refractivity contribution >= 4 is 23.2 Å². The van der Waals surface area contributed by atoms with E-state index >= 15 is 0 Å². The lowest BCUT2D eigenvalue weighted by atomic mass is 10.0. The molecular formula is C26H44Cl2N5O+. The Morgan fingerprint density at radius 2 is 1.24 bits per heavy atom. The lowest BCUT2D eigenvalue weighted by Crippen LogP contribution is -2.31. The van der Waals surface area contributed by atoms with Gasteiger partial charge in [-0.1, -0.05) is 96.8 Å². The van der Waals surface area contributed by atoms with Crippen molar-refractivity contribution in [1.29, 1.82) is 0 Å². The van der Waals surface area contributed by atoms with Gasteiger partial charge in [0.2, 0.25) is 16.9 Å². The zero-order chi connectivity index (χ0) is 24.3. The summed E-state index contributed by atoms with van der Waals surface area (Å²) >= 11 is 11.5. The number of imidazole rings is 1. The molecule has 34 heavy (non-hydrogen) atoms. The summed E-state index contributed by atoms with van der Waals surface area (Å²) < 4.78 is 9.84. The Bertz CT molecular complexity index is 751. The van der Waals surface area contributed by atoms with E-state index < -0.39 is 0 Å². The Morgan fingerprint density at radius 1 is 0.735 bits per heavy atom. The quantitative estimate of drug-likeness (QED) is 0.127. The molecule has 0 unspecified atom stereocenters. The van der Waals surface area contributed by atoms with Crippen molar-refractivity contribution in [2.75, 3.05) is 6.61 Å². The predicted molar refractivity (Wildman–Crippen MR) is 140 cm³/mol. The first-order chi connectivity index (χ1) is 16.7. The van der Waals surface area contributed by atoms with Crippen molar-refractivity contribution in [3.05, 3.63) is 29.3 Å². The van der Waals surface area contributed by atoms with Crippen LogP contribution in [0.2, 0.25) is 10.6 Å². The Labute approximate surface area is 216 Å². The monoisotopic (exact) mass is 512 g/mol. The molecular weight excluding hydrogens is 469 g/mol. The second kappa shape index (κ2) is 18.9. The van der Waals surface area contributed by atoms with Gasteiger partial charge in [-0.3, -0.25) is 0 Å². The molecule has 0 radical (unpaired) electrons. The van der Waals surface area contributed by atoms with Gasteiger partial charge in [-0.25, -0.2) is 9.13 Å². The van der Waals surface area contributed by atoms with Gasteiger partial charge in [0.05, 0.1) is 6.54 Å². The summed E-state index contributed by atoms with van der Waals surface area (Å²) in [6, 6.07) is 0.151. The smallest absolute Gasteiger partial charge is 0.322 e. The standard InChI is InChI=1S/C26H44Cl2N5O/c1-2-3-4-5-6-7-8-9-10-11-12-13-14-15-16-17-18-32-19-20-33(23-32)21-22-34-26-30-24(27)29-25(28)31-26/h19-20,23H,2-18,21-22H2,1H3/q+1. The zero-order valence-corrected chi connectivity index (χ0v) is 22.6. The maximum Gasteiger partial charge on any atom is 0.322 e. The van der Waals surface area contributed by atoms with Crippen LogP contribution in [0.4, 0.5) is 0 Å². The van der Waals surface area contributed by atoms with Crippen LogP contribution in [0.1, 0.15) is 110 Å². The highest BCUT2D eigenvalue weighted by Gasteiger charge is 2.07. The lowest BCUT2D eigenvalue weighted by Gasteiger charge is -2.03. The highest BCUT2D eigenvalue weighted by molar-refractivity contribution is 6.31. The molecule has 0 aromatic carbocycles. The van der Waals surface area contributed by atoms with Crippen LogP contribution in [0, 0.1) is 0 Å². The fraction of sp³-hybridized carbons (Fsp3) is 0.769. The Kier molecular flexibility index (Phi) is 16.0. The third-order valence-corrected chi connectivity index (χ3v) is 6.50. The molecule has 0 saturated heterocycles. The Hall–Kier alpha value is -1.40. The van der Waals surface area contributed by atoms with Crippen LogP contribution < -0.4 is 9.30 Å². The van der Waals surface area contributed by atoms with Crippen molar-refractivity contribution < 1.29 is 9.30 Å². The summed E-state index contributed by atoms with van der Waals surface area (Å²) in [4.78, 5) is 11.5. The van der Waals surface area contributed by atoms with Gasteiger partial charge < -0.3 is 4.74 Å². The van der Waals surface area contributed by atoms with Crippen LogP contribution in [0.5, 0.6) is 6.01 Å². The molecule has 0 bridgehead atoms. The van der Waals surface area contributed by atoms with Crippen molar-refractivity contribution in [2.45, 2.75) is 123 Å². The third-order valence-electron chi connectivity index (χ3n) is 6.16. The molecule has 0 aliphatic heterocycles. The minimum absolute atomic E-state index is 0.0348. The van der Waals surface area contributed by atoms with Gasteiger partial charge in [-0.15, -0.1) is 0 Å². The Morgan fingerprint density at radius 3 is 1.76 bits per heavy atom. The van der Waals surface area contributed by atoms with E-state index in [1.54, 1.807) is 0 Å². The van der Waals surface area contributed by atoms with Gasteiger partial charge >= 0.3 is 6.01 Å². The van der Waals surface area contributed by atoms with Crippen LogP contribution in [0.25, 0.3) is 0 Å². The fourth-order valence-corrected chi connectivity index (χ4v) is 4.51. The molecule has 0 amide bonds. The molecule has 2 heterocycles. The van der Waals surface area contributed by atoms with E-state index in [1.807, 2.05) is 0 Å². The van der Waals surface area contributed by atoms with Crippen LogP contribution in [0.3, 0.4) is 0 Å². The molecule has 8 heteroatoms. The topological polar surface area (TPSA) is 56.7 Å². The normalized spacial score (nSPS) is 11.3. The van der Waals surface area contributed by atoms with E-state index in [-0.39, 0.29) is 16.6 Å². The molecule has 0 aliphatic rings. The van der Waals surface area contributed by atoms with E-state index in [0.717, 1.165) is 6.54 Å². The number of unbranched alkanes of at least 4 members (excludes halogenated alkanes) is 15. The van der Waals surface area contributed by atoms with E-state index in [2.05, 4.69) is 49.7 Å². The molecule has 0 N–H and O–H groups in total. The van der Waals surface area contributed by atoms with Crippen LogP contribution >= 0.6 is 23.2 Å². The number of hydrogen-bond acceptors (Lipinski definition) is 4. The number of ether oxygens (including phenoxy) is 1. The second-order valence-corrected chi connectivity index (χ2v) is 9.87. The number of rotatable bonds is 21. The minimum atomic E-state index is 0.0348. The van der Waals surface area contributed by atoms with Gasteiger partial charge in [-0.2, -0.15) is 15.0 Å². The van der Waals surface area contributed by atoms with Gasteiger partial charge in [0.25, 0.3) is 0 Å². The fourth-order valence-electron chi connectivity index (χ4n) is 4.16. The Balaban J connectivity index is 1.38. The van der Waals surface area contributed by atoms with Crippen LogP contribution in [-0.4, -0.2) is 26.1 Å². The predicted octanol–water partition coefficient (Wildman–Crippen LogP) is 7.61. The molecule has 0 fully saturated rings. The van der Waals surface area contributed by atoms with Gasteiger partial charge in [-0.05, 0) is 36.0 Å². The summed E-state index contributed by atoms with van der Waals surface area (Å²) in [6.45, 7) is 4.48. The maximum absolute atomic E-state index is 5.75. The van der Waals surface area contributed by atoms with Crippen LogP contribution in [-0.2, 0) is 13.1 Å². The second-order valence-electron chi connectivity index (χ2n) is 9.20. The van der Waals surface area contributed by atoms with E-state index in [1.165, 1.54) is 103 Å². The molecule has 0 atom stereocenters. The highest BCUT2D eigenvalue weighted by atomic mass is 35.5. The first kappa shape index (κ1) is 28.8. The maximum atomic E-state index is 5.75. The van der Waals surface area contributed by atoms with Gasteiger partial charge in [0, 0.05) is 0 Å². The molecule has 192 valence electrons. The minimum Gasteiger partial charge on any atom is -0.459 e. The molecule has 2 aromatic rings. The van der Waals surface area contributed by atoms with E-state index in [9.17, 15) is 0 Å². The van der Waals surface area contributed by atoms with Crippen molar-refractivity contribution in [3.63, 3.8) is 0 Å². The molecule has 0 aliphatic carbocycles. The average Bonchev–Trinajstić information content (AvgIpc) is 3.26. The lowest BCUT2D eigenvalue weighted by molar-refractivity contribution is -0.696. The van der Waals surface area contributed by atoms with Gasteiger partial charge in [0.1, 0.15) is 25.5 Å². The highest BCUT2D eigenvalue weighted by Crippen LogP contribution is 2.14. The van der Waals surface area contributed by atoms with Crippen molar-refractivity contribution in [1.82, 2.24) is 19.5 Å². The third kappa shape index (κ3) is 14.1. The summed E-state index contributed by atoms with van der Waals surface area (Å²) in [5.41, 5.74) is 0. The summed E-state index contributed by atoms with van der Waals surface area (Å²) in [5.74, 6) is 0. The summed E-state index contributed by atoms with van der Waals surface area (Å²) in [7, 11) is 0. The molecule has 2 aromatic heterocycles. The number of halogens is 2. The molecule has 0 spiro atoms.